The Bertz CT molecular complexity index is 547. The Morgan fingerprint density at radius 1 is 1.20 bits per heavy atom. The van der Waals surface area contributed by atoms with Gasteiger partial charge in [-0.25, -0.2) is 8.42 Å². The molecule has 0 bridgehead atoms. The Labute approximate surface area is 126 Å². The van der Waals surface area contributed by atoms with Crippen LogP contribution in [0.4, 0.5) is 5.69 Å². The van der Waals surface area contributed by atoms with E-state index in [1.165, 1.54) is 22.5 Å². The highest BCUT2D eigenvalue weighted by molar-refractivity contribution is 7.89. The number of benzene rings is 1. The molecule has 0 fully saturated rings. The standard InChI is InChI=1S/C13H22ClN3O2S/c1-4-7-17(9-8-16(2)3)20(18,19)11-5-6-12(14)13(15)10-11/h5-6,10H,4,7-9,15H2,1-3H3. The Kier molecular flexibility index (Phi) is 6.26. The van der Waals surface area contributed by atoms with Gasteiger partial charge < -0.3 is 10.6 Å². The van der Waals surface area contributed by atoms with Crippen molar-refractivity contribution in [1.82, 2.24) is 9.21 Å². The van der Waals surface area contributed by atoms with E-state index >= 15 is 0 Å². The zero-order chi connectivity index (χ0) is 15.3. The van der Waals surface area contributed by atoms with Crippen molar-refractivity contribution in [3.8, 4) is 0 Å². The number of hydrogen-bond donors (Lipinski definition) is 1. The van der Waals surface area contributed by atoms with Gasteiger partial charge in [0.15, 0.2) is 0 Å². The molecule has 114 valence electrons. The molecule has 7 heteroatoms. The molecule has 0 saturated carbocycles. The fraction of sp³-hybridized carbons (Fsp3) is 0.538. The van der Waals surface area contributed by atoms with E-state index in [1.54, 1.807) is 0 Å². The zero-order valence-electron chi connectivity index (χ0n) is 12.1. The molecule has 0 heterocycles. The summed E-state index contributed by atoms with van der Waals surface area (Å²) in [5, 5.41) is 0.360. The van der Waals surface area contributed by atoms with Crippen molar-refractivity contribution in [3.05, 3.63) is 23.2 Å². The number of anilines is 1. The van der Waals surface area contributed by atoms with Crippen molar-refractivity contribution in [2.75, 3.05) is 39.5 Å². The Morgan fingerprint density at radius 3 is 2.35 bits per heavy atom. The minimum Gasteiger partial charge on any atom is -0.397 e. The molecule has 20 heavy (non-hydrogen) atoms. The van der Waals surface area contributed by atoms with E-state index in [4.69, 9.17) is 17.3 Å². The van der Waals surface area contributed by atoms with Gasteiger partial charge in [-0.1, -0.05) is 18.5 Å². The van der Waals surface area contributed by atoms with Gasteiger partial charge in [0, 0.05) is 19.6 Å². The summed E-state index contributed by atoms with van der Waals surface area (Å²) in [6.07, 6.45) is 0.760. The summed E-state index contributed by atoms with van der Waals surface area (Å²) in [6, 6.07) is 4.42. The van der Waals surface area contributed by atoms with Crippen LogP contribution < -0.4 is 5.73 Å². The van der Waals surface area contributed by atoms with Crippen molar-refractivity contribution >= 4 is 27.3 Å². The van der Waals surface area contributed by atoms with Gasteiger partial charge in [-0.05, 0) is 38.7 Å². The lowest BCUT2D eigenvalue weighted by molar-refractivity contribution is 0.333. The molecule has 0 aliphatic rings. The highest BCUT2D eigenvalue weighted by Crippen LogP contribution is 2.24. The van der Waals surface area contributed by atoms with Crippen LogP contribution in [0.3, 0.4) is 0 Å². The van der Waals surface area contributed by atoms with Crippen molar-refractivity contribution in [2.45, 2.75) is 18.2 Å². The van der Waals surface area contributed by atoms with Gasteiger partial charge in [-0.15, -0.1) is 0 Å². The van der Waals surface area contributed by atoms with Crippen LogP contribution in [0, 0.1) is 0 Å². The van der Waals surface area contributed by atoms with Crippen LogP contribution >= 0.6 is 11.6 Å². The normalized spacial score (nSPS) is 12.3. The van der Waals surface area contributed by atoms with Crippen molar-refractivity contribution in [2.24, 2.45) is 0 Å². The monoisotopic (exact) mass is 319 g/mol. The first kappa shape index (κ1) is 17.2. The highest BCUT2D eigenvalue weighted by atomic mass is 35.5. The molecule has 0 unspecified atom stereocenters. The van der Waals surface area contributed by atoms with Gasteiger partial charge in [0.2, 0.25) is 10.0 Å². The largest absolute Gasteiger partial charge is 0.397 e. The first-order chi connectivity index (χ1) is 9.28. The summed E-state index contributed by atoms with van der Waals surface area (Å²) in [6.45, 7) is 3.56. The topological polar surface area (TPSA) is 66.6 Å². The van der Waals surface area contributed by atoms with Gasteiger partial charge in [0.05, 0.1) is 15.6 Å². The van der Waals surface area contributed by atoms with E-state index in [-0.39, 0.29) is 10.6 Å². The van der Waals surface area contributed by atoms with Crippen LogP contribution in [0.25, 0.3) is 0 Å². The quantitative estimate of drug-likeness (QED) is 0.779. The SMILES string of the molecule is CCCN(CCN(C)C)S(=O)(=O)c1ccc(Cl)c(N)c1. The van der Waals surface area contributed by atoms with E-state index in [9.17, 15) is 8.42 Å². The summed E-state index contributed by atoms with van der Waals surface area (Å²) in [5.41, 5.74) is 5.97. The summed E-state index contributed by atoms with van der Waals surface area (Å²) < 4.78 is 26.7. The van der Waals surface area contributed by atoms with Crippen LogP contribution in [-0.2, 0) is 10.0 Å². The highest BCUT2D eigenvalue weighted by Gasteiger charge is 2.24. The van der Waals surface area contributed by atoms with Crippen molar-refractivity contribution in [1.29, 1.82) is 0 Å². The van der Waals surface area contributed by atoms with E-state index in [1.807, 2.05) is 25.9 Å². The fourth-order valence-corrected chi connectivity index (χ4v) is 3.42. The molecule has 0 spiro atoms. The molecule has 1 aromatic rings. The molecular weight excluding hydrogens is 298 g/mol. The number of rotatable bonds is 7. The van der Waals surface area contributed by atoms with Gasteiger partial charge >= 0.3 is 0 Å². The molecule has 0 aliphatic carbocycles. The van der Waals surface area contributed by atoms with Gasteiger partial charge in [-0.2, -0.15) is 4.31 Å². The lowest BCUT2D eigenvalue weighted by atomic mass is 10.3. The Hall–Kier alpha value is -0.820. The van der Waals surface area contributed by atoms with Crippen LogP contribution in [0.1, 0.15) is 13.3 Å². The van der Waals surface area contributed by atoms with Crippen LogP contribution in [0.2, 0.25) is 5.02 Å². The van der Waals surface area contributed by atoms with Gasteiger partial charge in [-0.3, -0.25) is 0 Å². The summed E-state index contributed by atoms with van der Waals surface area (Å²) >= 11 is 5.83. The van der Waals surface area contributed by atoms with E-state index < -0.39 is 10.0 Å². The smallest absolute Gasteiger partial charge is 0.243 e. The lowest BCUT2D eigenvalue weighted by Crippen LogP contribution is -2.37. The molecule has 1 aromatic carbocycles. The third kappa shape index (κ3) is 4.34. The molecule has 0 aliphatic heterocycles. The number of nitrogen functional groups attached to an aromatic ring is 1. The average Bonchev–Trinajstić information content (AvgIpc) is 2.37. The second-order valence-corrected chi connectivity index (χ2v) is 7.24. The number of hydrogen-bond acceptors (Lipinski definition) is 4. The van der Waals surface area contributed by atoms with Gasteiger partial charge in [0.25, 0.3) is 0 Å². The second kappa shape index (κ2) is 7.26. The van der Waals surface area contributed by atoms with Crippen LogP contribution in [0.15, 0.2) is 23.1 Å². The second-order valence-electron chi connectivity index (χ2n) is 4.89. The zero-order valence-corrected chi connectivity index (χ0v) is 13.7. The number of sulfonamides is 1. The van der Waals surface area contributed by atoms with E-state index in [0.717, 1.165) is 6.42 Å². The first-order valence-electron chi connectivity index (χ1n) is 6.49. The number of halogens is 1. The van der Waals surface area contributed by atoms with Gasteiger partial charge in [0.1, 0.15) is 0 Å². The predicted molar refractivity (Wildman–Crippen MR) is 83.5 cm³/mol. The first-order valence-corrected chi connectivity index (χ1v) is 8.30. The number of nitrogens with two attached hydrogens (primary N) is 1. The molecule has 0 aromatic heterocycles. The molecular formula is C13H22ClN3O2S. The third-order valence-corrected chi connectivity index (χ3v) is 5.11. The fourth-order valence-electron chi connectivity index (χ4n) is 1.74. The molecule has 0 atom stereocenters. The Balaban J connectivity index is 3.05. The maximum absolute atomic E-state index is 12.6. The number of nitrogens with zero attached hydrogens (tertiary/aromatic N) is 2. The Morgan fingerprint density at radius 2 is 1.85 bits per heavy atom. The third-order valence-electron chi connectivity index (χ3n) is 2.87. The lowest BCUT2D eigenvalue weighted by Gasteiger charge is -2.23. The van der Waals surface area contributed by atoms with E-state index in [2.05, 4.69) is 0 Å². The average molecular weight is 320 g/mol. The van der Waals surface area contributed by atoms with Crippen molar-refractivity contribution in [3.63, 3.8) is 0 Å². The molecule has 2 N–H and O–H groups in total. The van der Waals surface area contributed by atoms with Crippen LogP contribution in [0.5, 0.6) is 0 Å². The summed E-state index contributed by atoms with van der Waals surface area (Å²) in [7, 11) is 0.297. The molecule has 5 nitrogen and oxygen atoms in total. The summed E-state index contributed by atoms with van der Waals surface area (Å²) in [4.78, 5) is 2.14. The van der Waals surface area contributed by atoms with E-state index in [0.29, 0.717) is 24.7 Å². The maximum Gasteiger partial charge on any atom is 0.243 e. The maximum atomic E-state index is 12.6. The molecule has 0 saturated heterocycles. The van der Waals surface area contributed by atoms with Crippen LogP contribution in [-0.4, -0.2) is 51.4 Å². The molecule has 0 radical (unpaired) electrons. The minimum atomic E-state index is -3.53. The number of likely N-dealkylation sites (N-methyl/N-ethyl adjacent to an activating group) is 1. The summed E-state index contributed by atoms with van der Waals surface area (Å²) in [5.74, 6) is 0. The molecule has 1 rings (SSSR count). The predicted octanol–water partition coefficient (Wildman–Crippen LogP) is 1.88. The minimum absolute atomic E-state index is 0.187. The molecule has 0 amide bonds. The van der Waals surface area contributed by atoms with Crippen molar-refractivity contribution < 1.29 is 8.42 Å².